The molecule has 16 heavy (non-hydrogen) atoms. The minimum Gasteiger partial charge on any atom is -0.480 e. The van der Waals surface area contributed by atoms with E-state index in [9.17, 15) is 4.79 Å². The van der Waals surface area contributed by atoms with Gasteiger partial charge in [-0.1, -0.05) is 17.7 Å². The van der Waals surface area contributed by atoms with E-state index in [4.69, 9.17) is 21.4 Å². The van der Waals surface area contributed by atoms with Gasteiger partial charge in [0.05, 0.1) is 5.02 Å². The van der Waals surface area contributed by atoms with Crippen LogP contribution in [0.2, 0.25) is 5.02 Å². The van der Waals surface area contributed by atoms with Crippen molar-refractivity contribution in [3.8, 4) is 5.75 Å². The average Bonchev–Trinajstić information content (AvgIpc) is 2.28. The molecule has 0 bridgehead atoms. The summed E-state index contributed by atoms with van der Waals surface area (Å²) in [7, 11) is 0. The van der Waals surface area contributed by atoms with E-state index in [1.54, 1.807) is 6.07 Å². The van der Waals surface area contributed by atoms with E-state index in [-0.39, 0.29) is 6.61 Å². The second-order valence-electron chi connectivity index (χ2n) is 3.90. The Balaban J connectivity index is 2.23. The molecule has 0 aliphatic heterocycles. The number of carbonyl (C=O) groups is 1. The maximum absolute atomic E-state index is 10.4. The monoisotopic (exact) mass is 240 g/mol. The van der Waals surface area contributed by atoms with Gasteiger partial charge in [-0.05, 0) is 42.9 Å². The van der Waals surface area contributed by atoms with Crippen molar-refractivity contribution in [2.45, 2.75) is 25.7 Å². The third-order valence-electron chi connectivity index (χ3n) is 2.78. The third kappa shape index (κ3) is 2.30. The number of ether oxygens (including phenoxy) is 1. The van der Waals surface area contributed by atoms with E-state index >= 15 is 0 Å². The Kier molecular flexibility index (Phi) is 3.34. The highest BCUT2D eigenvalue weighted by atomic mass is 35.5. The lowest BCUT2D eigenvalue weighted by Crippen LogP contribution is -2.11. The number of benzene rings is 1. The maximum Gasteiger partial charge on any atom is 0.341 e. The number of hydrogen-bond acceptors (Lipinski definition) is 2. The Bertz CT molecular complexity index is 415. The SMILES string of the molecule is O=C(O)COc1ccc2c(c1Cl)CCCC2. The minimum absolute atomic E-state index is 0.349. The van der Waals surface area contributed by atoms with E-state index in [0.717, 1.165) is 24.8 Å². The predicted octanol–water partition coefficient (Wildman–Crippen LogP) is 2.68. The Labute approximate surface area is 99.0 Å². The van der Waals surface area contributed by atoms with Crippen molar-refractivity contribution in [2.24, 2.45) is 0 Å². The summed E-state index contributed by atoms with van der Waals surface area (Å²) >= 11 is 6.19. The largest absolute Gasteiger partial charge is 0.480 e. The van der Waals surface area contributed by atoms with Gasteiger partial charge in [-0.3, -0.25) is 0 Å². The van der Waals surface area contributed by atoms with Crippen LogP contribution in [0.1, 0.15) is 24.0 Å². The van der Waals surface area contributed by atoms with Crippen LogP contribution < -0.4 is 4.74 Å². The van der Waals surface area contributed by atoms with Gasteiger partial charge in [0.1, 0.15) is 5.75 Å². The number of aryl methyl sites for hydroxylation is 1. The molecule has 1 N–H and O–H groups in total. The summed E-state index contributed by atoms with van der Waals surface area (Å²) in [6, 6.07) is 3.74. The fraction of sp³-hybridized carbons (Fsp3) is 0.417. The molecule has 0 saturated carbocycles. The van der Waals surface area contributed by atoms with Crippen molar-refractivity contribution in [3.05, 3.63) is 28.3 Å². The Morgan fingerprint density at radius 2 is 2.12 bits per heavy atom. The number of fused-ring (bicyclic) bond motifs is 1. The second kappa shape index (κ2) is 4.74. The van der Waals surface area contributed by atoms with Gasteiger partial charge >= 0.3 is 5.97 Å². The first kappa shape index (κ1) is 11.3. The zero-order chi connectivity index (χ0) is 11.5. The van der Waals surface area contributed by atoms with Crippen LogP contribution >= 0.6 is 11.6 Å². The summed E-state index contributed by atoms with van der Waals surface area (Å²) in [5.41, 5.74) is 2.38. The third-order valence-corrected chi connectivity index (χ3v) is 3.19. The van der Waals surface area contributed by atoms with Crippen LogP contribution in [0.15, 0.2) is 12.1 Å². The van der Waals surface area contributed by atoms with Crippen LogP contribution in [0.4, 0.5) is 0 Å². The molecule has 1 aromatic carbocycles. The van der Waals surface area contributed by atoms with Gasteiger partial charge in [-0.25, -0.2) is 4.79 Å². The summed E-state index contributed by atoms with van der Waals surface area (Å²) in [6.07, 6.45) is 4.33. The molecule has 0 unspecified atom stereocenters. The van der Waals surface area contributed by atoms with Crippen molar-refractivity contribution in [2.75, 3.05) is 6.61 Å². The molecular weight excluding hydrogens is 228 g/mol. The van der Waals surface area contributed by atoms with Gasteiger partial charge in [0.25, 0.3) is 0 Å². The van der Waals surface area contributed by atoms with E-state index < -0.39 is 5.97 Å². The van der Waals surface area contributed by atoms with Gasteiger partial charge in [0.2, 0.25) is 0 Å². The zero-order valence-corrected chi connectivity index (χ0v) is 9.59. The van der Waals surface area contributed by atoms with Gasteiger partial charge < -0.3 is 9.84 Å². The molecule has 0 atom stereocenters. The first-order chi connectivity index (χ1) is 7.68. The van der Waals surface area contributed by atoms with Crippen molar-refractivity contribution in [1.29, 1.82) is 0 Å². The van der Waals surface area contributed by atoms with Gasteiger partial charge in [0.15, 0.2) is 6.61 Å². The molecule has 1 aliphatic rings. The molecular formula is C12H13ClO3. The van der Waals surface area contributed by atoms with Crippen molar-refractivity contribution in [1.82, 2.24) is 0 Å². The maximum atomic E-state index is 10.4. The molecule has 0 fully saturated rings. The van der Waals surface area contributed by atoms with Crippen molar-refractivity contribution in [3.63, 3.8) is 0 Å². The Hall–Kier alpha value is -1.22. The van der Waals surface area contributed by atoms with Crippen molar-refractivity contribution >= 4 is 17.6 Å². The summed E-state index contributed by atoms with van der Waals surface area (Å²) in [5, 5.41) is 9.12. The summed E-state index contributed by atoms with van der Waals surface area (Å²) in [6.45, 7) is -0.349. The van der Waals surface area contributed by atoms with E-state index in [0.29, 0.717) is 10.8 Å². The predicted molar refractivity (Wildman–Crippen MR) is 61.2 cm³/mol. The van der Waals surface area contributed by atoms with Crippen LogP contribution in [0.25, 0.3) is 0 Å². The first-order valence-electron chi connectivity index (χ1n) is 5.33. The van der Waals surface area contributed by atoms with E-state index in [1.807, 2.05) is 6.07 Å². The molecule has 3 nitrogen and oxygen atoms in total. The summed E-state index contributed by atoms with van der Waals surface area (Å²) in [5.74, 6) is -0.515. The standard InChI is InChI=1S/C12H13ClO3/c13-12-9-4-2-1-3-8(9)5-6-10(12)16-7-11(14)15/h5-6H,1-4,7H2,(H,14,15). The molecule has 1 aromatic rings. The number of carboxylic acid groups (broad SMARTS) is 1. The molecule has 86 valence electrons. The molecule has 0 spiro atoms. The quantitative estimate of drug-likeness (QED) is 0.884. The summed E-state index contributed by atoms with van der Waals surface area (Å²) < 4.78 is 5.13. The van der Waals surface area contributed by atoms with Crippen LogP contribution in [0.5, 0.6) is 5.75 Å². The second-order valence-corrected chi connectivity index (χ2v) is 4.28. The zero-order valence-electron chi connectivity index (χ0n) is 8.83. The van der Waals surface area contributed by atoms with Crippen LogP contribution in [-0.4, -0.2) is 17.7 Å². The molecule has 0 aromatic heterocycles. The van der Waals surface area contributed by atoms with Crippen molar-refractivity contribution < 1.29 is 14.6 Å². The minimum atomic E-state index is -0.992. The number of carboxylic acids is 1. The highest BCUT2D eigenvalue weighted by Crippen LogP contribution is 2.34. The Morgan fingerprint density at radius 1 is 1.38 bits per heavy atom. The number of aliphatic carboxylic acids is 1. The van der Waals surface area contributed by atoms with E-state index in [2.05, 4.69) is 0 Å². The van der Waals surface area contributed by atoms with E-state index in [1.165, 1.54) is 12.0 Å². The number of rotatable bonds is 3. The first-order valence-corrected chi connectivity index (χ1v) is 5.71. The highest BCUT2D eigenvalue weighted by molar-refractivity contribution is 6.33. The van der Waals surface area contributed by atoms with Crippen LogP contribution in [-0.2, 0) is 17.6 Å². The van der Waals surface area contributed by atoms with Gasteiger partial charge in [0, 0.05) is 0 Å². The fourth-order valence-electron chi connectivity index (χ4n) is 2.01. The smallest absolute Gasteiger partial charge is 0.341 e. The lowest BCUT2D eigenvalue weighted by molar-refractivity contribution is -0.139. The lowest BCUT2D eigenvalue weighted by Gasteiger charge is -2.18. The number of halogens is 1. The highest BCUT2D eigenvalue weighted by Gasteiger charge is 2.16. The number of hydrogen-bond donors (Lipinski definition) is 1. The molecule has 0 heterocycles. The normalized spacial score (nSPS) is 14.3. The fourth-order valence-corrected chi connectivity index (χ4v) is 2.35. The molecule has 4 heteroatoms. The molecule has 0 amide bonds. The molecule has 1 aliphatic carbocycles. The average molecular weight is 241 g/mol. The molecule has 0 saturated heterocycles. The molecule has 0 radical (unpaired) electrons. The Morgan fingerprint density at radius 3 is 2.88 bits per heavy atom. The molecule has 2 rings (SSSR count). The van der Waals surface area contributed by atoms with Gasteiger partial charge in [-0.15, -0.1) is 0 Å². The van der Waals surface area contributed by atoms with Crippen LogP contribution in [0.3, 0.4) is 0 Å². The van der Waals surface area contributed by atoms with Crippen LogP contribution in [0, 0.1) is 0 Å². The van der Waals surface area contributed by atoms with Gasteiger partial charge in [-0.2, -0.15) is 0 Å². The summed E-state index contributed by atoms with van der Waals surface area (Å²) in [4.78, 5) is 10.4. The lowest BCUT2D eigenvalue weighted by atomic mass is 9.91. The topological polar surface area (TPSA) is 46.5 Å².